The second-order valence-corrected chi connectivity index (χ2v) is 9.46. The quantitative estimate of drug-likeness (QED) is 0.683. The first-order chi connectivity index (χ1) is 13.8. The molecule has 0 amide bonds. The number of methoxy groups -OCH3 is 1. The van der Waals surface area contributed by atoms with E-state index in [-0.39, 0.29) is 31.5 Å². The molecule has 2 atom stereocenters. The first kappa shape index (κ1) is 20.2. The molecule has 0 saturated carbocycles. The molecule has 6 nitrogen and oxygen atoms in total. The maximum Gasteiger partial charge on any atom is 0.214 e. The Labute approximate surface area is 167 Å². The largest absolute Gasteiger partial charge is 0.390 e. The summed E-state index contributed by atoms with van der Waals surface area (Å²) >= 11 is 0. The van der Waals surface area contributed by atoms with E-state index in [1.54, 1.807) is 16.7 Å². The van der Waals surface area contributed by atoms with Crippen LogP contribution in [-0.2, 0) is 21.3 Å². The first-order valence-electron chi connectivity index (χ1n) is 9.34. The van der Waals surface area contributed by atoms with Crippen molar-refractivity contribution in [2.75, 3.05) is 26.0 Å². The summed E-state index contributed by atoms with van der Waals surface area (Å²) in [6, 6.07) is 8.43. The standard InChI is InChI=1S/C20H22F2N2O4S/c1-28-16-6-7-29(26,27)23(12-16)10-15(25)11-24-19-4-2-13(21)8-17(19)18-9-14(22)3-5-20(18)24/h2-5,8-9,15-16,25H,6-7,10-12H2,1H3. The van der Waals surface area contributed by atoms with Crippen molar-refractivity contribution in [1.29, 1.82) is 0 Å². The smallest absolute Gasteiger partial charge is 0.214 e. The van der Waals surface area contributed by atoms with Crippen molar-refractivity contribution in [3.8, 4) is 0 Å². The van der Waals surface area contributed by atoms with Crippen LogP contribution in [0.25, 0.3) is 21.8 Å². The third-order valence-corrected chi connectivity index (χ3v) is 7.26. The van der Waals surface area contributed by atoms with Crippen LogP contribution in [0, 0.1) is 11.6 Å². The predicted octanol–water partition coefficient (Wildman–Crippen LogP) is 2.48. The van der Waals surface area contributed by atoms with Crippen LogP contribution in [0.2, 0.25) is 0 Å². The van der Waals surface area contributed by atoms with Crippen molar-refractivity contribution in [2.24, 2.45) is 0 Å². The van der Waals surface area contributed by atoms with E-state index in [4.69, 9.17) is 4.74 Å². The number of nitrogens with zero attached hydrogens (tertiary/aromatic N) is 2. The number of aliphatic hydroxyl groups is 1. The third kappa shape index (κ3) is 3.87. The molecule has 1 aromatic heterocycles. The molecular weight excluding hydrogens is 402 g/mol. The zero-order valence-corrected chi connectivity index (χ0v) is 16.7. The van der Waals surface area contributed by atoms with Gasteiger partial charge >= 0.3 is 0 Å². The van der Waals surface area contributed by atoms with E-state index in [1.807, 2.05) is 0 Å². The van der Waals surface area contributed by atoms with Crippen molar-refractivity contribution in [2.45, 2.75) is 25.2 Å². The molecule has 156 valence electrons. The molecule has 4 rings (SSSR count). The average Bonchev–Trinajstić information content (AvgIpc) is 2.95. The molecular formula is C20H22F2N2O4S. The van der Waals surface area contributed by atoms with Gasteiger partial charge in [-0.25, -0.2) is 17.2 Å². The van der Waals surface area contributed by atoms with E-state index in [0.717, 1.165) is 0 Å². The van der Waals surface area contributed by atoms with Gasteiger partial charge in [-0.05, 0) is 42.8 Å². The number of hydrogen-bond donors (Lipinski definition) is 1. The molecule has 0 bridgehead atoms. The Morgan fingerprint density at radius 3 is 2.24 bits per heavy atom. The van der Waals surface area contributed by atoms with Gasteiger partial charge in [-0.1, -0.05) is 0 Å². The lowest BCUT2D eigenvalue weighted by atomic mass is 10.1. The maximum absolute atomic E-state index is 13.8. The monoisotopic (exact) mass is 424 g/mol. The maximum atomic E-state index is 13.8. The lowest BCUT2D eigenvalue weighted by molar-refractivity contribution is 0.0586. The summed E-state index contributed by atoms with van der Waals surface area (Å²) < 4.78 is 60.5. The van der Waals surface area contributed by atoms with Gasteiger partial charge in [0, 0.05) is 42.0 Å². The lowest BCUT2D eigenvalue weighted by Crippen LogP contribution is -2.48. The molecule has 0 radical (unpaired) electrons. The van der Waals surface area contributed by atoms with E-state index in [0.29, 0.717) is 28.2 Å². The highest BCUT2D eigenvalue weighted by molar-refractivity contribution is 7.89. The zero-order chi connectivity index (χ0) is 20.8. The SMILES string of the molecule is COC1CCS(=O)(=O)N(CC(O)Cn2c3ccc(F)cc3c3cc(F)ccc32)C1. The Bertz CT molecular complexity index is 1100. The van der Waals surface area contributed by atoms with Gasteiger partial charge < -0.3 is 14.4 Å². The summed E-state index contributed by atoms with van der Waals surface area (Å²) in [5.41, 5.74) is 1.28. The molecule has 29 heavy (non-hydrogen) atoms. The highest BCUT2D eigenvalue weighted by Gasteiger charge is 2.33. The van der Waals surface area contributed by atoms with Crippen LogP contribution in [0.5, 0.6) is 0 Å². The molecule has 1 aliphatic heterocycles. The van der Waals surface area contributed by atoms with Crippen molar-refractivity contribution < 1.29 is 27.0 Å². The Morgan fingerprint density at radius 2 is 1.69 bits per heavy atom. The Hall–Kier alpha value is -2.07. The lowest BCUT2D eigenvalue weighted by Gasteiger charge is -2.32. The summed E-state index contributed by atoms with van der Waals surface area (Å²) in [7, 11) is -1.92. The van der Waals surface area contributed by atoms with Gasteiger partial charge in [0.15, 0.2) is 0 Å². The van der Waals surface area contributed by atoms with Crippen molar-refractivity contribution in [1.82, 2.24) is 8.87 Å². The van der Waals surface area contributed by atoms with Crippen LogP contribution < -0.4 is 0 Å². The molecule has 1 aliphatic rings. The molecule has 2 heterocycles. The third-order valence-electron chi connectivity index (χ3n) is 5.43. The fourth-order valence-electron chi connectivity index (χ4n) is 3.97. The minimum Gasteiger partial charge on any atom is -0.390 e. The Morgan fingerprint density at radius 1 is 1.10 bits per heavy atom. The number of fused-ring (bicyclic) bond motifs is 3. The van der Waals surface area contributed by atoms with Gasteiger partial charge in [-0.2, -0.15) is 4.31 Å². The molecule has 9 heteroatoms. The summed E-state index contributed by atoms with van der Waals surface area (Å²) in [6.07, 6.45) is -0.783. The van der Waals surface area contributed by atoms with Gasteiger partial charge in [0.05, 0.1) is 24.5 Å². The van der Waals surface area contributed by atoms with E-state index in [2.05, 4.69) is 0 Å². The van der Waals surface area contributed by atoms with Crippen LogP contribution >= 0.6 is 0 Å². The van der Waals surface area contributed by atoms with Gasteiger partial charge in [-0.3, -0.25) is 0 Å². The normalized spacial score (nSPS) is 21.0. The van der Waals surface area contributed by atoms with Crippen LogP contribution in [0.4, 0.5) is 8.78 Å². The van der Waals surface area contributed by atoms with E-state index < -0.39 is 27.8 Å². The van der Waals surface area contributed by atoms with Crippen molar-refractivity contribution in [3.05, 3.63) is 48.0 Å². The molecule has 1 saturated heterocycles. The molecule has 3 aromatic rings. The fourth-order valence-corrected chi connectivity index (χ4v) is 5.58. The summed E-state index contributed by atoms with van der Waals surface area (Å²) in [6.45, 7) is 0.201. The molecule has 1 fully saturated rings. The van der Waals surface area contributed by atoms with Gasteiger partial charge in [0.25, 0.3) is 0 Å². The van der Waals surface area contributed by atoms with E-state index >= 15 is 0 Å². The second kappa shape index (κ2) is 7.64. The minimum absolute atomic E-state index is 0.0217. The average molecular weight is 424 g/mol. The van der Waals surface area contributed by atoms with Crippen LogP contribution in [0.3, 0.4) is 0 Å². The number of aromatic nitrogens is 1. The number of aliphatic hydroxyl groups excluding tert-OH is 1. The number of rotatable bonds is 5. The molecule has 2 unspecified atom stereocenters. The Balaban J connectivity index is 1.66. The summed E-state index contributed by atoms with van der Waals surface area (Å²) in [5, 5.41) is 11.8. The van der Waals surface area contributed by atoms with E-state index in [1.165, 1.54) is 35.7 Å². The summed E-state index contributed by atoms with van der Waals surface area (Å²) in [4.78, 5) is 0. The number of ether oxygens (including phenoxy) is 1. The van der Waals surface area contributed by atoms with Crippen LogP contribution in [0.1, 0.15) is 6.42 Å². The van der Waals surface area contributed by atoms with Crippen LogP contribution in [0.15, 0.2) is 36.4 Å². The number of benzene rings is 2. The fraction of sp³-hybridized carbons (Fsp3) is 0.400. The van der Waals surface area contributed by atoms with Gasteiger partial charge in [0.1, 0.15) is 11.6 Å². The minimum atomic E-state index is -3.45. The molecule has 1 N–H and O–H groups in total. The topological polar surface area (TPSA) is 71.8 Å². The molecule has 2 aromatic carbocycles. The molecule has 0 aliphatic carbocycles. The summed E-state index contributed by atoms with van der Waals surface area (Å²) in [5.74, 6) is -0.899. The number of halogens is 2. The highest BCUT2D eigenvalue weighted by Crippen LogP contribution is 2.30. The molecule has 0 spiro atoms. The van der Waals surface area contributed by atoms with Crippen molar-refractivity contribution in [3.63, 3.8) is 0 Å². The van der Waals surface area contributed by atoms with Crippen LogP contribution in [-0.4, -0.2) is 60.6 Å². The van der Waals surface area contributed by atoms with E-state index in [9.17, 15) is 22.3 Å². The number of β-amino-alcohol motifs (C(OH)–C–C–N with tert-alkyl or cyclic N) is 1. The number of hydrogen-bond acceptors (Lipinski definition) is 4. The predicted molar refractivity (Wildman–Crippen MR) is 106 cm³/mol. The highest BCUT2D eigenvalue weighted by atomic mass is 32.2. The second-order valence-electron chi connectivity index (χ2n) is 7.37. The number of sulfonamides is 1. The first-order valence-corrected chi connectivity index (χ1v) is 10.9. The van der Waals surface area contributed by atoms with Gasteiger partial charge in [0.2, 0.25) is 10.0 Å². The Kier molecular flexibility index (Phi) is 5.32. The zero-order valence-electron chi connectivity index (χ0n) is 15.9. The van der Waals surface area contributed by atoms with Crippen molar-refractivity contribution >= 4 is 31.8 Å². The van der Waals surface area contributed by atoms with Gasteiger partial charge in [-0.15, -0.1) is 0 Å².